The van der Waals surface area contributed by atoms with Gasteiger partial charge in [-0.1, -0.05) is 20.8 Å². The molecular weight excluding hydrogens is 456 g/mol. The lowest BCUT2D eigenvalue weighted by Crippen LogP contribution is -2.52. The second-order valence-electron chi connectivity index (χ2n) is 11.3. The van der Waals surface area contributed by atoms with Crippen molar-refractivity contribution >= 4 is 28.4 Å². The largest absolute Gasteiger partial charge is 0.378 e. The number of hydrogen-bond acceptors (Lipinski definition) is 6. The third-order valence-corrected chi connectivity index (χ3v) is 7.99. The van der Waals surface area contributed by atoms with Crippen LogP contribution in [0.4, 0.5) is 16.3 Å². The van der Waals surface area contributed by atoms with E-state index in [2.05, 4.69) is 51.9 Å². The minimum atomic E-state index is -0.0410. The molecule has 192 valence electrons. The van der Waals surface area contributed by atoms with E-state index in [1.807, 2.05) is 11.1 Å². The van der Waals surface area contributed by atoms with Crippen LogP contribution in [-0.2, 0) is 11.3 Å². The zero-order valence-corrected chi connectivity index (χ0v) is 21.6. The average molecular weight is 493 g/mol. The van der Waals surface area contributed by atoms with Crippen molar-refractivity contribution in [3.8, 4) is 11.4 Å². The molecule has 10 heteroatoms. The fourth-order valence-corrected chi connectivity index (χ4v) is 5.81. The van der Waals surface area contributed by atoms with E-state index < -0.39 is 0 Å². The highest BCUT2D eigenvalue weighted by molar-refractivity contribution is 5.96. The fourth-order valence-electron chi connectivity index (χ4n) is 5.81. The van der Waals surface area contributed by atoms with Gasteiger partial charge in [0.25, 0.3) is 0 Å². The third-order valence-electron chi connectivity index (χ3n) is 7.99. The molecule has 1 spiro atoms. The van der Waals surface area contributed by atoms with E-state index in [1.165, 1.54) is 0 Å². The summed E-state index contributed by atoms with van der Waals surface area (Å²) >= 11 is 0. The number of H-pyrrole nitrogens is 1. The van der Waals surface area contributed by atoms with Crippen molar-refractivity contribution in [3.63, 3.8) is 0 Å². The van der Waals surface area contributed by atoms with Crippen LogP contribution in [0.25, 0.3) is 22.3 Å². The quantitative estimate of drug-likeness (QED) is 0.537. The molecule has 5 heterocycles. The maximum atomic E-state index is 13.3. The molecule has 10 nitrogen and oxygen atoms in total. The van der Waals surface area contributed by atoms with Crippen LogP contribution in [-0.4, -0.2) is 74.3 Å². The molecule has 2 saturated heterocycles. The topological polar surface area (TPSA) is 104 Å². The van der Waals surface area contributed by atoms with E-state index in [0.29, 0.717) is 23.2 Å². The maximum Gasteiger partial charge on any atom is 0.322 e. The Morgan fingerprint density at radius 3 is 2.83 bits per heavy atom. The van der Waals surface area contributed by atoms with Crippen molar-refractivity contribution in [1.29, 1.82) is 0 Å². The summed E-state index contributed by atoms with van der Waals surface area (Å²) in [5.74, 6) is 2.07. The summed E-state index contributed by atoms with van der Waals surface area (Å²) in [6, 6.07) is 2.01. The molecular formula is C26H36N8O2. The number of nitrogens with zero attached hydrogens (tertiary/aromatic N) is 6. The maximum absolute atomic E-state index is 13.3. The van der Waals surface area contributed by atoms with Gasteiger partial charge in [0, 0.05) is 45.0 Å². The van der Waals surface area contributed by atoms with Gasteiger partial charge in [-0.05, 0) is 43.6 Å². The molecule has 6 rings (SSSR count). The van der Waals surface area contributed by atoms with Gasteiger partial charge in [-0.15, -0.1) is 0 Å². The third kappa shape index (κ3) is 4.01. The number of pyridine rings is 1. The Bertz CT molecular complexity index is 1270. The number of hydrogen-bond donors (Lipinski definition) is 2. The van der Waals surface area contributed by atoms with Crippen LogP contribution >= 0.6 is 0 Å². The van der Waals surface area contributed by atoms with Crippen molar-refractivity contribution in [2.24, 2.45) is 11.8 Å². The molecule has 0 aromatic carbocycles. The van der Waals surface area contributed by atoms with Gasteiger partial charge in [-0.2, -0.15) is 10.2 Å². The predicted octanol–water partition coefficient (Wildman–Crippen LogP) is 4.11. The molecule has 3 aliphatic rings. The van der Waals surface area contributed by atoms with E-state index >= 15 is 0 Å². The Kier molecular flexibility index (Phi) is 5.66. The van der Waals surface area contributed by atoms with Crippen molar-refractivity contribution in [1.82, 2.24) is 29.9 Å². The Morgan fingerprint density at radius 1 is 1.31 bits per heavy atom. The van der Waals surface area contributed by atoms with Gasteiger partial charge in [0.2, 0.25) is 0 Å². The van der Waals surface area contributed by atoms with Crippen LogP contribution in [0.15, 0.2) is 18.5 Å². The van der Waals surface area contributed by atoms with E-state index in [-0.39, 0.29) is 17.7 Å². The molecule has 2 amide bonds. The summed E-state index contributed by atoms with van der Waals surface area (Å²) in [4.78, 5) is 22.3. The van der Waals surface area contributed by atoms with Crippen molar-refractivity contribution < 1.29 is 9.53 Å². The number of carbonyl (C=O) groups excluding carboxylic acids is 1. The van der Waals surface area contributed by atoms with Crippen molar-refractivity contribution in [2.45, 2.75) is 64.6 Å². The monoisotopic (exact) mass is 492 g/mol. The fraction of sp³-hybridized carbons (Fsp3) is 0.615. The number of carbonyl (C=O) groups is 1. The number of nitrogens with one attached hydrogen (secondary N) is 2. The van der Waals surface area contributed by atoms with Gasteiger partial charge < -0.3 is 19.9 Å². The molecule has 1 atom stereocenters. The minimum absolute atomic E-state index is 0.0410. The van der Waals surface area contributed by atoms with Crippen molar-refractivity contribution in [3.05, 3.63) is 18.5 Å². The summed E-state index contributed by atoms with van der Waals surface area (Å²) in [6.07, 6.45) is 8.17. The number of methoxy groups -OCH3 is 1. The molecule has 0 radical (unpaired) electrons. The van der Waals surface area contributed by atoms with Crippen LogP contribution in [0.3, 0.4) is 0 Å². The normalized spacial score (nSPS) is 21.4. The van der Waals surface area contributed by atoms with Gasteiger partial charge in [-0.25, -0.2) is 4.79 Å². The lowest BCUT2D eigenvalue weighted by Gasteiger charge is -2.39. The number of aromatic amines is 1. The number of anilines is 2. The highest BCUT2D eigenvalue weighted by Crippen LogP contribution is 2.50. The Hall–Kier alpha value is -3.14. The first-order valence-electron chi connectivity index (χ1n) is 13.1. The van der Waals surface area contributed by atoms with Gasteiger partial charge >= 0.3 is 6.03 Å². The summed E-state index contributed by atoms with van der Waals surface area (Å²) < 4.78 is 7.53. The first-order valence-corrected chi connectivity index (χ1v) is 13.1. The highest BCUT2D eigenvalue weighted by atomic mass is 16.5. The van der Waals surface area contributed by atoms with Crippen LogP contribution in [0.1, 0.15) is 46.5 Å². The van der Waals surface area contributed by atoms with Crippen LogP contribution in [0.2, 0.25) is 0 Å². The smallest absolute Gasteiger partial charge is 0.322 e. The van der Waals surface area contributed by atoms with Crippen molar-refractivity contribution in [2.75, 3.05) is 37.0 Å². The van der Waals surface area contributed by atoms with Crippen LogP contribution < -0.4 is 10.2 Å². The number of aromatic nitrogens is 5. The molecule has 3 aromatic heterocycles. The number of piperidine rings is 1. The molecule has 2 N–H and O–H groups in total. The second kappa shape index (κ2) is 8.76. The summed E-state index contributed by atoms with van der Waals surface area (Å²) in [5.41, 5.74) is 3.18. The number of amides is 2. The molecule has 1 unspecified atom stereocenters. The molecule has 3 fully saturated rings. The average Bonchev–Trinajstić information content (AvgIpc) is 3.25. The molecule has 1 aliphatic carbocycles. The zero-order chi connectivity index (χ0) is 25.0. The number of urea groups is 1. The number of fused-ring (bicyclic) bond motifs is 1. The number of likely N-dealkylation sites (tertiary alicyclic amines) is 1. The SMILES string of the molecule is COC1CN(c2nn(CC(C)C)c3cc(-c4[nH]ncc4NC(=O)N4CCC(C)CC45CC5)ncc23)C1. The lowest BCUT2D eigenvalue weighted by molar-refractivity contribution is 0.0783. The van der Waals surface area contributed by atoms with E-state index in [1.54, 1.807) is 13.3 Å². The first kappa shape index (κ1) is 23.3. The zero-order valence-electron chi connectivity index (χ0n) is 21.6. The Labute approximate surface area is 211 Å². The summed E-state index contributed by atoms with van der Waals surface area (Å²) in [7, 11) is 1.75. The minimum Gasteiger partial charge on any atom is -0.378 e. The van der Waals surface area contributed by atoms with Crippen LogP contribution in [0, 0.1) is 11.8 Å². The van der Waals surface area contributed by atoms with Gasteiger partial charge in [0.15, 0.2) is 5.82 Å². The van der Waals surface area contributed by atoms with Gasteiger partial charge in [-0.3, -0.25) is 14.8 Å². The Balaban J connectivity index is 1.28. The van der Waals surface area contributed by atoms with E-state index in [0.717, 1.165) is 74.3 Å². The molecule has 0 bridgehead atoms. The van der Waals surface area contributed by atoms with Gasteiger partial charge in [0.05, 0.1) is 34.6 Å². The highest BCUT2D eigenvalue weighted by Gasteiger charge is 2.52. The van der Waals surface area contributed by atoms with E-state index in [4.69, 9.17) is 14.8 Å². The Morgan fingerprint density at radius 2 is 2.11 bits per heavy atom. The molecule has 2 aliphatic heterocycles. The second-order valence-corrected chi connectivity index (χ2v) is 11.3. The summed E-state index contributed by atoms with van der Waals surface area (Å²) in [6.45, 7) is 9.95. The number of ether oxygens (including phenoxy) is 1. The molecule has 1 saturated carbocycles. The standard InChI is InChI=1S/C26H36N8O2/c1-16(2)13-34-22-9-20(27-11-19(22)24(31-34)32-14-18(15-32)36-4)23-21(12-28-30-23)29-25(35)33-8-5-17(3)10-26(33)6-7-26/h9,11-12,16-18H,5-8,10,13-15H2,1-4H3,(H,28,30)(H,29,35). The predicted molar refractivity (Wildman–Crippen MR) is 139 cm³/mol. The van der Waals surface area contributed by atoms with Crippen LogP contribution in [0.5, 0.6) is 0 Å². The lowest BCUT2D eigenvalue weighted by atomic mass is 9.91. The first-order chi connectivity index (χ1) is 17.4. The summed E-state index contributed by atoms with van der Waals surface area (Å²) in [5, 5.41) is 16.4. The van der Waals surface area contributed by atoms with E-state index in [9.17, 15) is 4.79 Å². The molecule has 3 aromatic rings. The molecule has 36 heavy (non-hydrogen) atoms. The number of rotatable bonds is 6. The van der Waals surface area contributed by atoms with Gasteiger partial charge in [0.1, 0.15) is 5.69 Å².